The molecule has 0 N–H and O–H groups in total. The molecule has 2 aromatic rings. The first-order chi connectivity index (χ1) is 18.3. The number of benzene rings is 2. The van der Waals surface area contributed by atoms with Crippen molar-refractivity contribution < 1.29 is 14.2 Å². The van der Waals surface area contributed by atoms with E-state index in [9.17, 15) is 0 Å². The molecule has 3 aliphatic rings. The van der Waals surface area contributed by atoms with Crippen molar-refractivity contribution in [3.05, 3.63) is 71.8 Å². The van der Waals surface area contributed by atoms with Gasteiger partial charge in [-0.15, -0.1) is 0 Å². The Balaban J connectivity index is 1.42. The highest BCUT2D eigenvalue weighted by atomic mass is 16.5. The minimum Gasteiger partial charge on any atom is -0.379 e. The van der Waals surface area contributed by atoms with Crippen LogP contribution in [0.1, 0.15) is 11.1 Å². The first-order valence-electron chi connectivity index (χ1n) is 14.1. The van der Waals surface area contributed by atoms with Crippen LogP contribution in [0.25, 0.3) is 0 Å². The average molecular weight is 511 g/mol. The summed E-state index contributed by atoms with van der Waals surface area (Å²) in [7, 11) is 0. The van der Waals surface area contributed by atoms with E-state index >= 15 is 0 Å². The maximum absolute atomic E-state index is 6.20. The largest absolute Gasteiger partial charge is 0.379 e. The first-order valence-corrected chi connectivity index (χ1v) is 14.1. The molecule has 2 aromatic carbocycles. The summed E-state index contributed by atoms with van der Waals surface area (Å²) in [5, 5.41) is 0. The minimum atomic E-state index is 0.754. The summed E-state index contributed by atoms with van der Waals surface area (Å²) < 4.78 is 18.4. The number of hydrogen-bond acceptors (Lipinski definition) is 7. The molecule has 204 valence electrons. The molecule has 2 bridgehead atoms. The van der Waals surface area contributed by atoms with E-state index in [4.69, 9.17) is 14.2 Å². The van der Waals surface area contributed by atoms with Crippen LogP contribution in [0.4, 0.5) is 0 Å². The highest BCUT2D eigenvalue weighted by Crippen LogP contribution is 2.08. The molecule has 0 atom stereocenters. The van der Waals surface area contributed by atoms with Gasteiger partial charge in [0, 0.05) is 78.5 Å². The lowest BCUT2D eigenvalue weighted by molar-refractivity contribution is 0.0264. The van der Waals surface area contributed by atoms with E-state index in [1.54, 1.807) is 0 Å². The number of hydrogen-bond donors (Lipinski definition) is 0. The van der Waals surface area contributed by atoms with E-state index in [0.29, 0.717) is 0 Å². The molecule has 7 heteroatoms. The van der Waals surface area contributed by atoms with Crippen LogP contribution < -0.4 is 0 Å². The summed E-state index contributed by atoms with van der Waals surface area (Å²) >= 11 is 0. The summed E-state index contributed by atoms with van der Waals surface area (Å²) in [5.41, 5.74) is 2.70. The second kappa shape index (κ2) is 16.9. The van der Waals surface area contributed by atoms with Gasteiger partial charge < -0.3 is 14.2 Å². The molecule has 0 aliphatic carbocycles. The van der Waals surface area contributed by atoms with Crippen LogP contribution >= 0.6 is 0 Å². The van der Waals surface area contributed by atoms with Crippen LogP contribution in [0, 0.1) is 0 Å². The molecule has 7 nitrogen and oxygen atoms in total. The zero-order valence-electron chi connectivity index (χ0n) is 22.5. The molecule has 3 heterocycles. The van der Waals surface area contributed by atoms with E-state index in [0.717, 1.165) is 118 Å². The number of fused-ring (bicyclic) bond motifs is 18. The van der Waals surface area contributed by atoms with Gasteiger partial charge >= 0.3 is 0 Å². The SMILES string of the molecule is c1ccc(CN2CCOCCN(Cc3ccccc3)CCN3CCOCCN(CCOCC3)CC2)cc1. The number of ether oxygens (including phenoxy) is 3. The van der Waals surface area contributed by atoms with Crippen molar-refractivity contribution in [2.24, 2.45) is 0 Å². The maximum atomic E-state index is 6.20. The van der Waals surface area contributed by atoms with Crippen LogP contribution in [0.15, 0.2) is 60.7 Å². The molecular weight excluding hydrogens is 464 g/mol. The van der Waals surface area contributed by atoms with Gasteiger partial charge in [-0.3, -0.25) is 19.6 Å². The average Bonchev–Trinajstić information content (AvgIpc) is 2.92. The summed E-state index contributed by atoms with van der Waals surface area (Å²) in [6.45, 7) is 16.2. The van der Waals surface area contributed by atoms with Crippen LogP contribution in [-0.2, 0) is 27.3 Å². The zero-order chi connectivity index (χ0) is 25.4. The van der Waals surface area contributed by atoms with Crippen molar-refractivity contribution in [2.45, 2.75) is 13.1 Å². The summed E-state index contributed by atoms with van der Waals surface area (Å²) in [6, 6.07) is 21.5. The number of nitrogens with zero attached hydrogens (tertiary/aromatic N) is 4. The molecule has 3 saturated heterocycles. The van der Waals surface area contributed by atoms with Gasteiger partial charge in [-0.1, -0.05) is 60.7 Å². The zero-order valence-corrected chi connectivity index (χ0v) is 22.5. The predicted molar refractivity (Wildman–Crippen MR) is 149 cm³/mol. The quantitative estimate of drug-likeness (QED) is 0.586. The molecule has 0 spiro atoms. The van der Waals surface area contributed by atoms with Gasteiger partial charge in [0.1, 0.15) is 0 Å². The van der Waals surface area contributed by atoms with Gasteiger partial charge in [-0.25, -0.2) is 0 Å². The van der Waals surface area contributed by atoms with Gasteiger partial charge in [0.2, 0.25) is 0 Å². The van der Waals surface area contributed by atoms with E-state index in [-0.39, 0.29) is 0 Å². The van der Waals surface area contributed by atoms with Crippen molar-refractivity contribution in [2.75, 3.05) is 105 Å². The fourth-order valence-electron chi connectivity index (χ4n) is 4.93. The Morgan fingerprint density at radius 2 is 0.757 bits per heavy atom. The van der Waals surface area contributed by atoms with Gasteiger partial charge in [-0.2, -0.15) is 0 Å². The lowest BCUT2D eigenvalue weighted by Gasteiger charge is -2.30. The summed E-state index contributed by atoms with van der Waals surface area (Å²) in [6.07, 6.45) is 0. The van der Waals surface area contributed by atoms with E-state index < -0.39 is 0 Å². The standard InChI is InChI=1S/C30H46N4O3/c1-3-7-29(8-4-1)27-33-13-11-31-15-21-35-23-17-32(18-24-36-22-16-31)12-14-34(20-26-37-25-19-33)28-30-9-5-2-6-10-30/h1-10H,11-28H2. The second-order valence-corrected chi connectivity index (χ2v) is 10.0. The van der Waals surface area contributed by atoms with Gasteiger partial charge in [0.15, 0.2) is 0 Å². The predicted octanol–water partition coefficient (Wildman–Crippen LogP) is 2.67. The maximum Gasteiger partial charge on any atom is 0.0594 e. The van der Waals surface area contributed by atoms with E-state index in [2.05, 4.69) is 80.3 Å². The van der Waals surface area contributed by atoms with Crippen LogP contribution in [-0.4, -0.2) is 125 Å². The smallest absolute Gasteiger partial charge is 0.0594 e. The molecule has 5 rings (SSSR count). The Morgan fingerprint density at radius 1 is 0.405 bits per heavy atom. The lowest BCUT2D eigenvalue weighted by Crippen LogP contribution is -2.42. The summed E-state index contributed by atoms with van der Waals surface area (Å²) in [5.74, 6) is 0. The molecule has 3 aliphatic heterocycles. The Labute approximate surface area is 223 Å². The molecule has 37 heavy (non-hydrogen) atoms. The topological polar surface area (TPSA) is 40.7 Å². The van der Waals surface area contributed by atoms with Crippen molar-refractivity contribution in [1.29, 1.82) is 0 Å². The van der Waals surface area contributed by atoms with E-state index in [1.807, 2.05) is 0 Å². The normalized spacial score (nSPS) is 24.9. The fourth-order valence-corrected chi connectivity index (χ4v) is 4.93. The van der Waals surface area contributed by atoms with E-state index in [1.165, 1.54) is 11.1 Å². The van der Waals surface area contributed by atoms with Crippen molar-refractivity contribution in [3.8, 4) is 0 Å². The second-order valence-electron chi connectivity index (χ2n) is 10.0. The number of rotatable bonds is 4. The molecule has 0 amide bonds. The Kier molecular flexibility index (Phi) is 12.9. The third-order valence-electron chi connectivity index (χ3n) is 7.27. The third-order valence-corrected chi connectivity index (χ3v) is 7.27. The molecule has 0 unspecified atom stereocenters. The van der Waals surface area contributed by atoms with Gasteiger partial charge in [-0.05, 0) is 11.1 Å². The third kappa shape index (κ3) is 11.2. The summed E-state index contributed by atoms with van der Waals surface area (Å²) in [4.78, 5) is 10.0. The molecule has 0 saturated carbocycles. The Morgan fingerprint density at radius 3 is 1.14 bits per heavy atom. The van der Waals surface area contributed by atoms with Crippen molar-refractivity contribution >= 4 is 0 Å². The Hall–Kier alpha value is -1.84. The van der Waals surface area contributed by atoms with Crippen LogP contribution in [0.5, 0.6) is 0 Å². The van der Waals surface area contributed by atoms with Crippen LogP contribution in [0.3, 0.4) is 0 Å². The fraction of sp³-hybridized carbons (Fsp3) is 0.600. The highest BCUT2D eigenvalue weighted by Gasteiger charge is 2.15. The molecule has 3 fully saturated rings. The highest BCUT2D eigenvalue weighted by molar-refractivity contribution is 5.15. The van der Waals surface area contributed by atoms with Crippen molar-refractivity contribution in [1.82, 2.24) is 19.6 Å². The van der Waals surface area contributed by atoms with Crippen molar-refractivity contribution in [3.63, 3.8) is 0 Å². The molecule has 0 aromatic heterocycles. The van der Waals surface area contributed by atoms with Gasteiger partial charge in [0.25, 0.3) is 0 Å². The van der Waals surface area contributed by atoms with Crippen LogP contribution in [0.2, 0.25) is 0 Å². The van der Waals surface area contributed by atoms with Gasteiger partial charge in [0.05, 0.1) is 39.6 Å². The minimum absolute atomic E-state index is 0.754. The monoisotopic (exact) mass is 510 g/mol. The molecular formula is C30H46N4O3. The Bertz CT molecular complexity index is 760. The first kappa shape index (κ1) is 28.2. The molecule has 0 radical (unpaired) electrons. The lowest BCUT2D eigenvalue weighted by atomic mass is 10.2.